The Morgan fingerprint density at radius 1 is 0.543 bits per heavy atom. The van der Waals surface area contributed by atoms with Gasteiger partial charge < -0.3 is 0 Å². The zero-order chi connectivity index (χ0) is 22.7. The molecule has 0 unspecified atom stereocenters. The first-order chi connectivity index (χ1) is 17.3. The highest BCUT2D eigenvalue weighted by molar-refractivity contribution is 6.20. The number of benzene rings is 5. The van der Waals surface area contributed by atoms with Gasteiger partial charge in [-0.2, -0.15) is 0 Å². The first-order valence-electron chi connectivity index (χ1n) is 12.3. The summed E-state index contributed by atoms with van der Waals surface area (Å²) in [4.78, 5) is 5.12. The fourth-order valence-corrected chi connectivity index (χ4v) is 6.71. The second-order valence-corrected chi connectivity index (χ2v) is 9.98. The van der Waals surface area contributed by atoms with E-state index in [0.717, 1.165) is 29.5 Å². The van der Waals surface area contributed by atoms with Crippen molar-refractivity contribution in [3.8, 4) is 22.3 Å². The van der Waals surface area contributed by atoms with Gasteiger partial charge in [0, 0.05) is 16.2 Å². The molecule has 0 radical (unpaired) electrons. The number of rotatable bonds is 0. The summed E-state index contributed by atoms with van der Waals surface area (Å²) in [5, 5.41) is 3.87. The Kier molecular flexibility index (Phi) is 3.16. The molecule has 2 heteroatoms. The Bertz CT molecular complexity index is 2060. The molecule has 0 spiro atoms. The van der Waals surface area contributed by atoms with E-state index in [0.29, 0.717) is 0 Å². The van der Waals surface area contributed by atoms with Crippen molar-refractivity contribution in [2.45, 2.75) is 12.8 Å². The molecule has 5 aromatic carbocycles. The van der Waals surface area contributed by atoms with Crippen LogP contribution in [0.2, 0.25) is 0 Å². The molecule has 0 N–H and O–H groups in total. The van der Waals surface area contributed by atoms with E-state index in [1.807, 2.05) is 0 Å². The van der Waals surface area contributed by atoms with Crippen LogP contribution in [0.5, 0.6) is 0 Å². The van der Waals surface area contributed by atoms with Crippen LogP contribution >= 0.6 is 0 Å². The quantitative estimate of drug-likeness (QED) is 0.217. The maximum Gasteiger partial charge on any atom is 0.146 e. The number of pyridine rings is 1. The summed E-state index contributed by atoms with van der Waals surface area (Å²) < 4.78 is 2.34. The molecule has 0 atom stereocenters. The summed E-state index contributed by atoms with van der Waals surface area (Å²) in [6.07, 6.45) is 2.02. The van der Waals surface area contributed by atoms with E-state index < -0.39 is 0 Å². The standard InChI is InChI=1S/C33H20N2/c1-2-8-23-19(7-1)15-21-18-27-22(17-26(21)23)16-20-13-14-25-32(31(20)27)24-9-3-5-11-29(24)35-30-12-6-4-10-28(30)34-33(25)35/h1-14,17-18H,15-16H2. The molecule has 2 aliphatic carbocycles. The highest BCUT2D eigenvalue weighted by Crippen LogP contribution is 2.48. The third-order valence-corrected chi connectivity index (χ3v) is 8.18. The maximum absolute atomic E-state index is 5.12. The molecule has 0 bridgehead atoms. The third-order valence-electron chi connectivity index (χ3n) is 8.18. The Morgan fingerprint density at radius 3 is 2.26 bits per heavy atom. The van der Waals surface area contributed by atoms with Crippen molar-refractivity contribution in [1.82, 2.24) is 9.38 Å². The first-order valence-corrected chi connectivity index (χ1v) is 12.3. The number of imidazole rings is 1. The Hall–Kier alpha value is -4.43. The van der Waals surface area contributed by atoms with E-state index in [-0.39, 0.29) is 0 Å². The predicted octanol–water partition coefficient (Wildman–Crippen LogP) is 7.94. The molecule has 0 fully saturated rings. The number of fused-ring (bicyclic) bond motifs is 15. The lowest BCUT2D eigenvalue weighted by molar-refractivity contribution is 1.24. The number of hydrogen-bond acceptors (Lipinski definition) is 1. The molecule has 2 heterocycles. The van der Waals surface area contributed by atoms with Crippen LogP contribution in [0.1, 0.15) is 22.3 Å². The lowest BCUT2D eigenvalue weighted by atomic mass is 9.93. The summed E-state index contributed by atoms with van der Waals surface area (Å²) in [6.45, 7) is 0. The number of hydrogen-bond donors (Lipinski definition) is 0. The topological polar surface area (TPSA) is 17.3 Å². The fourth-order valence-electron chi connectivity index (χ4n) is 6.71. The highest BCUT2D eigenvalue weighted by atomic mass is 15.0. The van der Waals surface area contributed by atoms with Gasteiger partial charge in [-0.25, -0.2) is 4.98 Å². The van der Waals surface area contributed by atoms with E-state index in [2.05, 4.69) is 101 Å². The normalized spacial score (nSPS) is 13.5. The van der Waals surface area contributed by atoms with Gasteiger partial charge in [0.05, 0.1) is 16.6 Å². The van der Waals surface area contributed by atoms with Gasteiger partial charge in [0.2, 0.25) is 0 Å². The summed E-state index contributed by atoms with van der Waals surface area (Å²) in [5.41, 5.74) is 15.9. The molecule has 2 aromatic heterocycles. The average Bonchev–Trinajstić information content (AvgIpc) is 3.58. The van der Waals surface area contributed by atoms with Gasteiger partial charge in [-0.15, -0.1) is 0 Å². The fraction of sp³-hybridized carbons (Fsp3) is 0.0606. The molecule has 35 heavy (non-hydrogen) atoms. The lowest BCUT2D eigenvalue weighted by Crippen LogP contribution is -1.93. The van der Waals surface area contributed by atoms with Crippen LogP contribution in [0.4, 0.5) is 0 Å². The third kappa shape index (κ3) is 2.18. The van der Waals surface area contributed by atoms with Crippen molar-refractivity contribution in [2.24, 2.45) is 0 Å². The van der Waals surface area contributed by atoms with Crippen molar-refractivity contribution in [3.63, 3.8) is 0 Å². The minimum atomic E-state index is 0.992. The smallest absolute Gasteiger partial charge is 0.146 e. The SMILES string of the molecule is c1ccc2c(c1)Cc1cc3c(cc1-2)Cc1ccc2c(c1-3)c1ccccc1n1c3ccccc3nc21. The minimum absolute atomic E-state index is 0.992. The summed E-state index contributed by atoms with van der Waals surface area (Å²) >= 11 is 0. The molecule has 9 rings (SSSR count). The van der Waals surface area contributed by atoms with Gasteiger partial charge >= 0.3 is 0 Å². The van der Waals surface area contributed by atoms with Gasteiger partial charge in [-0.1, -0.05) is 66.7 Å². The molecule has 0 saturated heterocycles. The van der Waals surface area contributed by atoms with Crippen LogP contribution in [-0.4, -0.2) is 9.38 Å². The monoisotopic (exact) mass is 444 g/mol. The van der Waals surface area contributed by atoms with E-state index >= 15 is 0 Å². The van der Waals surface area contributed by atoms with E-state index in [9.17, 15) is 0 Å². The van der Waals surface area contributed by atoms with Gasteiger partial charge in [0.25, 0.3) is 0 Å². The average molecular weight is 445 g/mol. The van der Waals surface area contributed by atoms with Crippen LogP contribution in [0.3, 0.4) is 0 Å². The van der Waals surface area contributed by atoms with E-state index in [1.165, 1.54) is 66.2 Å². The second kappa shape index (κ2) is 6.17. The summed E-state index contributed by atoms with van der Waals surface area (Å²) in [6, 6.07) is 35.8. The molecule has 7 aromatic rings. The van der Waals surface area contributed by atoms with Crippen molar-refractivity contribution in [3.05, 3.63) is 119 Å². The Balaban J connectivity index is 1.43. The Labute approximate surface area is 202 Å². The van der Waals surface area contributed by atoms with Crippen LogP contribution in [-0.2, 0) is 12.8 Å². The minimum Gasteiger partial charge on any atom is -0.292 e. The van der Waals surface area contributed by atoms with Crippen molar-refractivity contribution < 1.29 is 0 Å². The zero-order valence-electron chi connectivity index (χ0n) is 19.0. The van der Waals surface area contributed by atoms with Gasteiger partial charge in [0.15, 0.2) is 0 Å². The second-order valence-electron chi connectivity index (χ2n) is 9.98. The molecule has 0 aliphatic heterocycles. The molecule has 0 amide bonds. The summed E-state index contributed by atoms with van der Waals surface area (Å²) in [7, 11) is 0. The van der Waals surface area contributed by atoms with Crippen molar-refractivity contribution in [1.29, 1.82) is 0 Å². The molecule has 2 nitrogen and oxygen atoms in total. The lowest BCUT2D eigenvalue weighted by Gasteiger charge is -2.14. The summed E-state index contributed by atoms with van der Waals surface area (Å²) in [5.74, 6) is 0. The van der Waals surface area contributed by atoms with Crippen molar-refractivity contribution in [2.75, 3.05) is 0 Å². The van der Waals surface area contributed by atoms with Crippen LogP contribution in [0.25, 0.3) is 60.6 Å². The molecular weight excluding hydrogens is 424 g/mol. The van der Waals surface area contributed by atoms with Crippen LogP contribution in [0.15, 0.2) is 97.1 Å². The van der Waals surface area contributed by atoms with Gasteiger partial charge in [-0.05, 0) is 87.7 Å². The predicted molar refractivity (Wildman–Crippen MR) is 144 cm³/mol. The number of nitrogens with zero attached hydrogens (tertiary/aromatic N) is 2. The van der Waals surface area contributed by atoms with Crippen LogP contribution < -0.4 is 0 Å². The molecule has 0 saturated carbocycles. The van der Waals surface area contributed by atoms with Crippen LogP contribution in [0, 0.1) is 0 Å². The number of aromatic nitrogens is 2. The highest BCUT2D eigenvalue weighted by Gasteiger charge is 2.28. The first kappa shape index (κ1) is 18.0. The molecular formula is C33H20N2. The Morgan fingerprint density at radius 2 is 1.29 bits per heavy atom. The van der Waals surface area contributed by atoms with E-state index in [1.54, 1.807) is 0 Å². The molecule has 2 aliphatic rings. The maximum atomic E-state index is 5.12. The number of para-hydroxylation sites is 3. The molecule has 162 valence electrons. The van der Waals surface area contributed by atoms with Gasteiger partial charge in [0.1, 0.15) is 5.65 Å². The van der Waals surface area contributed by atoms with E-state index in [4.69, 9.17) is 4.98 Å². The zero-order valence-corrected chi connectivity index (χ0v) is 19.0. The van der Waals surface area contributed by atoms with Gasteiger partial charge in [-0.3, -0.25) is 4.40 Å². The van der Waals surface area contributed by atoms with Crippen molar-refractivity contribution >= 4 is 38.4 Å². The largest absolute Gasteiger partial charge is 0.292 e.